The van der Waals surface area contributed by atoms with E-state index in [1.165, 1.54) is 0 Å². The maximum Gasteiger partial charge on any atom is 0.257 e. The van der Waals surface area contributed by atoms with Crippen LogP contribution in [0.4, 0.5) is 8.78 Å². The number of hydrogen-bond acceptors (Lipinski definition) is 2. The first kappa shape index (κ1) is 14.1. The maximum atomic E-state index is 13.4. The second kappa shape index (κ2) is 6.07. The van der Waals surface area contributed by atoms with E-state index >= 15 is 0 Å². The highest BCUT2D eigenvalue weighted by molar-refractivity contribution is 9.10. The lowest BCUT2D eigenvalue weighted by molar-refractivity contribution is 0.0905. The molecular weight excluding hydrogens is 296 g/mol. The Kier molecular flexibility index (Phi) is 5.02. The summed E-state index contributed by atoms with van der Waals surface area (Å²) in [6, 6.07) is 2.02. The summed E-state index contributed by atoms with van der Waals surface area (Å²) in [6.07, 6.45) is -0.272. The topological polar surface area (TPSA) is 49.3 Å². The number of aliphatic hydroxyl groups excluding tert-OH is 1. The summed E-state index contributed by atoms with van der Waals surface area (Å²) >= 11 is 2.92. The zero-order valence-electron chi connectivity index (χ0n) is 9.14. The van der Waals surface area contributed by atoms with Gasteiger partial charge in [0.05, 0.1) is 6.10 Å². The average molecular weight is 308 g/mol. The lowest BCUT2D eigenvalue weighted by atomic mass is 10.1. The Morgan fingerprint density at radius 3 is 2.47 bits per heavy atom. The summed E-state index contributed by atoms with van der Waals surface area (Å²) in [4.78, 5) is 11.5. The number of rotatable bonds is 4. The van der Waals surface area contributed by atoms with Crippen molar-refractivity contribution in [2.24, 2.45) is 0 Å². The van der Waals surface area contributed by atoms with Gasteiger partial charge in [-0.25, -0.2) is 8.78 Å². The Bertz CT molecular complexity index is 403. The van der Waals surface area contributed by atoms with Crippen molar-refractivity contribution < 1.29 is 18.7 Å². The van der Waals surface area contributed by atoms with Gasteiger partial charge in [0.2, 0.25) is 0 Å². The summed E-state index contributed by atoms with van der Waals surface area (Å²) < 4.78 is 27.0. The molecule has 1 aromatic carbocycles. The summed E-state index contributed by atoms with van der Waals surface area (Å²) in [5.74, 6) is -2.76. The van der Waals surface area contributed by atoms with Crippen molar-refractivity contribution in [3.63, 3.8) is 0 Å². The average Bonchev–Trinajstić information content (AvgIpc) is 2.24. The normalized spacial score (nSPS) is 12.3. The van der Waals surface area contributed by atoms with Gasteiger partial charge in [0.25, 0.3) is 5.91 Å². The minimum atomic E-state index is -0.944. The van der Waals surface area contributed by atoms with Crippen LogP contribution in [0.15, 0.2) is 16.6 Å². The Labute approximate surface area is 106 Å². The van der Waals surface area contributed by atoms with Crippen LogP contribution in [0, 0.1) is 11.6 Å². The van der Waals surface area contributed by atoms with Crippen LogP contribution in [0.2, 0.25) is 0 Å². The van der Waals surface area contributed by atoms with Gasteiger partial charge in [-0.1, -0.05) is 22.9 Å². The Balaban J connectivity index is 2.82. The maximum absolute atomic E-state index is 13.4. The van der Waals surface area contributed by atoms with Gasteiger partial charge in [-0.2, -0.15) is 0 Å². The zero-order chi connectivity index (χ0) is 13.0. The smallest absolute Gasteiger partial charge is 0.257 e. The van der Waals surface area contributed by atoms with E-state index < -0.39 is 29.2 Å². The zero-order valence-corrected chi connectivity index (χ0v) is 10.7. The molecule has 1 unspecified atom stereocenters. The molecule has 0 aliphatic rings. The quantitative estimate of drug-likeness (QED) is 0.896. The molecule has 2 N–H and O–H groups in total. The monoisotopic (exact) mass is 307 g/mol. The predicted octanol–water partition coefficient (Wildman–Crippen LogP) is 2.23. The highest BCUT2D eigenvalue weighted by Gasteiger charge is 2.18. The molecule has 0 aliphatic carbocycles. The Morgan fingerprint density at radius 2 is 2.00 bits per heavy atom. The van der Waals surface area contributed by atoms with E-state index in [-0.39, 0.29) is 11.0 Å². The number of benzene rings is 1. The van der Waals surface area contributed by atoms with Crippen molar-refractivity contribution in [3.05, 3.63) is 33.8 Å². The van der Waals surface area contributed by atoms with Gasteiger partial charge < -0.3 is 10.4 Å². The van der Waals surface area contributed by atoms with Gasteiger partial charge >= 0.3 is 0 Å². The second-order valence-corrected chi connectivity index (χ2v) is 4.43. The van der Waals surface area contributed by atoms with E-state index in [0.29, 0.717) is 6.42 Å². The highest BCUT2D eigenvalue weighted by Crippen LogP contribution is 2.19. The van der Waals surface area contributed by atoms with Crippen LogP contribution in [0.25, 0.3) is 0 Å². The predicted molar refractivity (Wildman–Crippen MR) is 62.7 cm³/mol. The molecule has 3 nitrogen and oxygen atoms in total. The molecule has 0 radical (unpaired) electrons. The van der Waals surface area contributed by atoms with E-state index in [1.54, 1.807) is 6.92 Å². The van der Waals surface area contributed by atoms with E-state index in [4.69, 9.17) is 0 Å². The van der Waals surface area contributed by atoms with E-state index in [1.807, 2.05) is 0 Å². The number of aliphatic hydroxyl groups is 1. The van der Waals surface area contributed by atoms with Crippen LogP contribution in [0.3, 0.4) is 0 Å². The fraction of sp³-hybridized carbons (Fsp3) is 0.364. The van der Waals surface area contributed by atoms with Crippen LogP contribution < -0.4 is 5.32 Å². The molecule has 1 amide bonds. The summed E-state index contributed by atoms with van der Waals surface area (Å²) in [7, 11) is 0. The molecule has 17 heavy (non-hydrogen) atoms. The van der Waals surface area contributed by atoms with Gasteiger partial charge in [0.1, 0.15) is 17.2 Å². The Morgan fingerprint density at radius 1 is 1.47 bits per heavy atom. The molecule has 0 spiro atoms. The van der Waals surface area contributed by atoms with Crippen LogP contribution in [0.5, 0.6) is 0 Å². The fourth-order valence-electron chi connectivity index (χ4n) is 1.20. The molecule has 0 saturated heterocycles. The van der Waals surface area contributed by atoms with Gasteiger partial charge in [-0.15, -0.1) is 0 Å². The molecule has 0 aliphatic heterocycles. The van der Waals surface area contributed by atoms with E-state index in [2.05, 4.69) is 21.2 Å². The molecule has 1 atom stereocenters. The number of nitrogens with one attached hydrogen (secondary N) is 1. The van der Waals surface area contributed by atoms with Crippen LogP contribution in [0.1, 0.15) is 23.7 Å². The molecule has 6 heteroatoms. The van der Waals surface area contributed by atoms with Crippen LogP contribution in [-0.2, 0) is 0 Å². The van der Waals surface area contributed by atoms with Gasteiger partial charge in [0, 0.05) is 11.0 Å². The standard InChI is InChI=1S/C11H12BrF2NO2/c1-2-7(16)5-15-11(17)10-8(13)3-6(12)4-9(10)14/h3-4,7,16H,2,5H2,1H3,(H,15,17). The first-order chi connectivity index (χ1) is 7.95. The third-order valence-electron chi connectivity index (χ3n) is 2.20. The van der Waals surface area contributed by atoms with Crippen molar-refractivity contribution in [1.82, 2.24) is 5.32 Å². The fourth-order valence-corrected chi connectivity index (χ4v) is 1.60. The molecular formula is C11H12BrF2NO2. The molecule has 0 heterocycles. The number of carbonyl (C=O) groups is 1. The molecule has 0 aromatic heterocycles. The van der Waals surface area contributed by atoms with Gasteiger partial charge in [-0.3, -0.25) is 4.79 Å². The Hall–Kier alpha value is -1.01. The van der Waals surface area contributed by atoms with Crippen LogP contribution >= 0.6 is 15.9 Å². The molecule has 1 rings (SSSR count). The summed E-state index contributed by atoms with van der Waals surface area (Å²) in [5.41, 5.74) is -0.642. The first-order valence-corrected chi connectivity index (χ1v) is 5.85. The van der Waals surface area contributed by atoms with Gasteiger partial charge in [-0.05, 0) is 18.6 Å². The summed E-state index contributed by atoms with van der Waals surface area (Å²) in [5, 5.41) is 11.5. The SMILES string of the molecule is CCC(O)CNC(=O)c1c(F)cc(Br)cc1F. The summed E-state index contributed by atoms with van der Waals surface area (Å²) in [6.45, 7) is 1.70. The lowest BCUT2D eigenvalue weighted by Crippen LogP contribution is -2.32. The van der Waals surface area contributed by atoms with Crippen molar-refractivity contribution in [1.29, 1.82) is 0 Å². The lowest BCUT2D eigenvalue weighted by Gasteiger charge is -2.10. The third-order valence-corrected chi connectivity index (χ3v) is 2.66. The first-order valence-electron chi connectivity index (χ1n) is 5.06. The van der Waals surface area contributed by atoms with Gasteiger partial charge in [0.15, 0.2) is 0 Å². The van der Waals surface area contributed by atoms with Crippen LogP contribution in [-0.4, -0.2) is 23.7 Å². The molecule has 0 fully saturated rings. The molecule has 0 saturated carbocycles. The second-order valence-electron chi connectivity index (χ2n) is 3.52. The number of halogens is 3. The van der Waals surface area contributed by atoms with E-state index in [9.17, 15) is 18.7 Å². The minimum Gasteiger partial charge on any atom is -0.391 e. The largest absolute Gasteiger partial charge is 0.391 e. The van der Waals surface area contributed by atoms with Crippen molar-refractivity contribution in [2.75, 3.05) is 6.54 Å². The third kappa shape index (κ3) is 3.74. The molecule has 1 aromatic rings. The number of amides is 1. The molecule has 0 bridgehead atoms. The molecule has 94 valence electrons. The highest BCUT2D eigenvalue weighted by atomic mass is 79.9. The van der Waals surface area contributed by atoms with Crippen molar-refractivity contribution in [3.8, 4) is 0 Å². The number of carbonyl (C=O) groups excluding carboxylic acids is 1. The van der Waals surface area contributed by atoms with E-state index in [0.717, 1.165) is 12.1 Å². The van der Waals surface area contributed by atoms with Crippen molar-refractivity contribution in [2.45, 2.75) is 19.4 Å². The van der Waals surface area contributed by atoms with Crippen molar-refractivity contribution >= 4 is 21.8 Å². The minimum absolute atomic E-state index is 0.0374. The number of hydrogen-bond donors (Lipinski definition) is 2.